The summed E-state index contributed by atoms with van der Waals surface area (Å²) >= 11 is 0. The molecule has 0 radical (unpaired) electrons. The first-order chi connectivity index (χ1) is 11.5. The number of carbonyl (C=O) groups excluding carboxylic acids is 1. The van der Waals surface area contributed by atoms with Crippen molar-refractivity contribution in [2.45, 2.75) is 78.1 Å². The zero-order valence-corrected chi connectivity index (χ0v) is 15.3. The van der Waals surface area contributed by atoms with Gasteiger partial charge in [0.25, 0.3) is 0 Å². The highest BCUT2D eigenvalue weighted by molar-refractivity contribution is 6.26. The molecule has 0 saturated heterocycles. The summed E-state index contributed by atoms with van der Waals surface area (Å²) in [7, 11) is 0. The van der Waals surface area contributed by atoms with Crippen LogP contribution in [0.1, 0.15) is 78.1 Å². The van der Waals surface area contributed by atoms with E-state index in [0.29, 0.717) is 11.3 Å². The van der Waals surface area contributed by atoms with Crippen LogP contribution in [0.2, 0.25) is 0 Å². The van der Waals surface area contributed by atoms with Gasteiger partial charge in [0.1, 0.15) is 0 Å². The van der Waals surface area contributed by atoms with Crippen LogP contribution in [0.3, 0.4) is 0 Å². The Hall–Kier alpha value is -0.950. The monoisotopic (exact) mass is 328 g/mol. The first kappa shape index (κ1) is 16.5. The van der Waals surface area contributed by atoms with Gasteiger partial charge < -0.3 is 5.53 Å². The van der Waals surface area contributed by atoms with Crippen molar-refractivity contribution in [2.75, 3.05) is 0 Å². The molecule has 0 aromatic heterocycles. The molecule has 0 heterocycles. The van der Waals surface area contributed by atoms with Gasteiger partial charge >= 0.3 is 6.21 Å². The highest BCUT2D eigenvalue weighted by atomic mass is 16.1. The third-order valence-corrected chi connectivity index (χ3v) is 9.11. The van der Waals surface area contributed by atoms with Gasteiger partial charge in [0, 0.05) is 5.92 Å². The van der Waals surface area contributed by atoms with Gasteiger partial charge in [-0.15, -0.1) is 0 Å². The molecule has 4 aliphatic carbocycles. The zero-order chi connectivity index (χ0) is 16.9. The Morgan fingerprint density at radius 2 is 1.75 bits per heavy atom. The molecule has 0 N–H and O–H groups in total. The van der Waals surface area contributed by atoms with Gasteiger partial charge in [0.15, 0.2) is 0 Å². The fourth-order valence-corrected chi connectivity index (χ4v) is 7.91. The fraction of sp³-hybridized carbons (Fsp3) is 0.905. The zero-order valence-electron chi connectivity index (χ0n) is 15.3. The molecule has 0 aromatic rings. The maximum atomic E-state index is 12.4. The average molecular weight is 328 g/mol. The van der Waals surface area contributed by atoms with Gasteiger partial charge in [-0.3, -0.25) is 4.79 Å². The number of carbonyl (C=O) groups is 1. The van der Waals surface area contributed by atoms with Gasteiger partial charge in [-0.05, 0) is 85.9 Å². The van der Waals surface area contributed by atoms with E-state index in [2.05, 4.69) is 18.6 Å². The molecule has 0 bridgehead atoms. The molecule has 1 unspecified atom stereocenters. The Kier molecular flexibility index (Phi) is 3.99. The lowest BCUT2D eigenvalue weighted by Crippen LogP contribution is -2.53. The standard InChI is InChI=1S/C21H32N2O/c1-20-11-4-3-5-14(20)6-7-15-16-8-9-18(19(24)13-23-22)21(16,2)12-10-17(15)20/h13-18H,3-12H2,1-2H3/t14?,15-,16-,17-,18+,20-,21-/m0/s1. The van der Waals surface area contributed by atoms with E-state index < -0.39 is 0 Å². The number of rotatable bonds is 2. The normalized spacial score (nSPS) is 50.2. The van der Waals surface area contributed by atoms with Gasteiger partial charge in [-0.1, -0.05) is 26.7 Å². The summed E-state index contributed by atoms with van der Waals surface area (Å²) in [6.07, 6.45) is 14.4. The minimum absolute atomic E-state index is 0.0542. The van der Waals surface area contributed by atoms with Crippen LogP contribution >= 0.6 is 0 Å². The summed E-state index contributed by atoms with van der Waals surface area (Å²) in [6.45, 7) is 4.97. The molecule has 4 aliphatic rings. The third kappa shape index (κ3) is 2.20. The topological polar surface area (TPSA) is 53.5 Å². The van der Waals surface area contributed by atoms with E-state index >= 15 is 0 Å². The summed E-state index contributed by atoms with van der Waals surface area (Å²) < 4.78 is 0. The van der Waals surface area contributed by atoms with Crippen molar-refractivity contribution in [3.8, 4) is 0 Å². The van der Waals surface area contributed by atoms with Crippen LogP contribution in [0.5, 0.6) is 0 Å². The Labute approximate surface area is 146 Å². The lowest BCUT2D eigenvalue weighted by Gasteiger charge is -2.60. The van der Waals surface area contributed by atoms with E-state index in [4.69, 9.17) is 5.53 Å². The third-order valence-electron chi connectivity index (χ3n) is 9.11. The van der Waals surface area contributed by atoms with Crippen molar-refractivity contribution >= 4 is 12.0 Å². The number of fused-ring (bicyclic) bond motifs is 5. The van der Waals surface area contributed by atoms with Crippen LogP contribution in [0.4, 0.5) is 0 Å². The van der Waals surface area contributed by atoms with Crippen LogP contribution in [0, 0.1) is 40.4 Å². The smallest absolute Gasteiger partial charge is 0.323 e. The van der Waals surface area contributed by atoms with Crippen molar-refractivity contribution in [3.63, 3.8) is 0 Å². The molecule has 3 nitrogen and oxygen atoms in total. The van der Waals surface area contributed by atoms with Gasteiger partial charge in [0.05, 0.1) is 0 Å². The minimum atomic E-state index is 0.0542. The average Bonchev–Trinajstić information content (AvgIpc) is 2.92. The maximum Gasteiger partial charge on any atom is 0.323 e. The van der Waals surface area contributed by atoms with Crippen molar-refractivity contribution in [1.82, 2.24) is 0 Å². The second-order valence-corrected chi connectivity index (χ2v) is 9.72. The molecule has 0 aromatic carbocycles. The number of ketones is 1. The van der Waals surface area contributed by atoms with Crippen molar-refractivity contribution < 1.29 is 9.58 Å². The quantitative estimate of drug-likeness (QED) is 0.404. The molecule has 24 heavy (non-hydrogen) atoms. The molecule has 4 rings (SSSR count). The molecule has 0 amide bonds. The Bertz CT molecular complexity index is 580. The predicted molar refractivity (Wildman–Crippen MR) is 94.5 cm³/mol. The lowest BCUT2D eigenvalue weighted by molar-refractivity contribution is -0.132. The number of nitrogens with zero attached hydrogens (tertiary/aromatic N) is 2. The summed E-state index contributed by atoms with van der Waals surface area (Å²) in [6, 6.07) is 0. The minimum Gasteiger partial charge on any atom is -0.361 e. The largest absolute Gasteiger partial charge is 0.361 e. The summed E-state index contributed by atoms with van der Waals surface area (Å²) in [5.41, 5.74) is 9.48. The molecule has 7 atom stereocenters. The summed E-state index contributed by atoms with van der Waals surface area (Å²) in [5, 5.41) is 0. The van der Waals surface area contributed by atoms with Gasteiger partial charge in [-0.25, -0.2) is 0 Å². The number of hydrogen-bond acceptors (Lipinski definition) is 1. The van der Waals surface area contributed by atoms with Gasteiger partial charge in [0.2, 0.25) is 5.78 Å². The van der Waals surface area contributed by atoms with E-state index in [1.807, 2.05) is 0 Å². The molecular weight excluding hydrogens is 296 g/mol. The SMILES string of the molecule is C[C@]12CC[C@H]3[C@@H](CCC4CCCC[C@@]43C)[C@@H]1CC[C@@H]2C(=O)C=[N+]=[N-]. The fourth-order valence-electron chi connectivity index (χ4n) is 7.91. The number of Topliss-reactive ketones (excluding diaryl/α,β-unsaturated/α-hetero) is 1. The van der Waals surface area contributed by atoms with Crippen LogP contribution in [0.25, 0.3) is 5.53 Å². The lowest BCUT2D eigenvalue weighted by atomic mass is 9.45. The van der Waals surface area contributed by atoms with Crippen molar-refractivity contribution in [1.29, 1.82) is 0 Å². The summed E-state index contributed by atoms with van der Waals surface area (Å²) in [4.78, 5) is 15.5. The van der Waals surface area contributed by atoms with Crippen LogP contribution < -0.4 is 0 Å². The number of hydrogen-bond donors (Lipinski definition) is 0. The Morgan fingerprint density at radius 3 is 2.54 bits per heavy atom. The van der Waals surface area contributed by atoms with Crippen molar-refractivity contribution in [2.24, 2.45) is 40.4 Å². The Balaban J connectivity index is 1.61. The molecule has 4 fully saturated rings. The molecule has 132 valence electrons. The van der Waals surface area contributed by atoms with Crippen molar-refractivity contribution in [3.05, 3.63) is 5.53 Å². The Morgan fingerprint density at radius 1 is 0.958 bits per heavy atom. The predicted octanol–water partition coefficient (Wildman–Crippen LogP) is 4.91. The maximum absolute atomic E-state index is 12.4. The van der Waals surface area contributed by atoms with Gasteiger partial charge in [-0.2, -0.15) is 4.79 Å². The van der Waals surface area contributed by atoms with E-state index in [-0.39, 0.29) is 17.1 Å². The molecule has 0 aliphatic heterocycles. The van der Waals surface area contributed by atoms with E-state index in [0.717, 1.165) is 30.4 Å². The van der Waals surface area contributed by atoms with E-state index in [9.17, 15) is 4.79 Å². The highest BCUT2D eigenvalue weighted by Gasteiger charge is 2.60. The first-order valence-electron chi connectivity index (χ1n) is 10.2. The molecular formula is C21H32N2O. The summed E-state index contributed by atoms with van der Waals surface area (Å²) in [5.74, 6) is 3.51. The molecule has 4 saturated carbocycles. The second-order valence-electron chi connectivity index (χ2n) is 9.72. The van der Waals surface area contributed by atoms with E-state index in [1.165, 1.54) is 57.8 Å². The first-order valence-corrected chi connectivity index (χ1v) is 10.2. The second kappa shape index (κ2) is 5.80. The van der Waals surface area contributed by atoms with E-state index in [1.54, 1.807) is 0 Å². The van der Waals surface area contributed by atoms with Crippen LogP contribution in [-0.4, -0.2) is 16.8 Å². The highest BCUT2D eigenvalue weighted by Crippen LogP contribution is 2.67. The van der Waals surface area contributed by atoms with Crippen LogP contribution in [0.15, 0.2) is 0 Å². The molecule has 0 spiro atoms. The molecule has 3 heteroatoms. The van der Waals surface area contributed by atoms with Crippen LogP contribution in [-0.2, 0) is 4.79 Å².